The van der Waals surface area contributed by atoms with Crippen molar-refractivity contribution >= 4 is 28.0 Å². The molecule has 0 amide bonds. The van der Waals surface area contributed by atoms with E-state index in [2.05, 4.69) is 48.8 Å². The number of nitrogens with zero attached hydrogens (tertiary/aromatic N) is 7. The van der Waals surface area contributed by atoms with Crippen LogP contribution in [0, 0.1) is 0 Å². The minimum atomic E-state index is -3.30. The van der Waals surface area contributed by atoms with Gasteiger partial charge in [0.1, 0.15) is 11.9 Å². The molecular weight excluding hydrogens is 490 g/mol. The maximum atomic E-state index is 11.8. The number of benzene rings is 1. The summed E-state index contributed by atoms with van der Waals surface area (Å²) >= 11 is 0. The van der Waals surface area contributed by atoms with Gasteiger partial charge in [0.25, 0.3) is 0 Å². The molecule has 0 atom stereocenters. The number of hydrogen-bond donors (Lipinski definition) is 0. The molecule has 0 aliphatic carbocycles. The van der Waals surface area contributed by atoms with Crippen LogP contribution in [0.5, 0.6) is 5.75 Å². The van der Waals surface area contributed by atoms with Gasteiger partial charge in [-0.1, -0.05) is 19.1 Å². The van der Waals surface area contributed by atoms with Gasteiger partial charge in [0.05, 0.1) is 31.6 Å². The molecule has 0 N–H and O–H groups in total. The van der Waals surface area contributed by atoms with E-state index in [-0.39, 0.29) is 12.6 Å². The van der Waals surface area contributed by atoms with Crippen LogP contribution in [0.1, 0.15) is 34.9 Å². The minimum absolute atomic E-state index is 0.0605. The Morgan fingerprint density at radius 1 is 1.00 bits per heavy atom. The molecule has 3 aromatic rings. The third-order valence-corrected chi connectivity index (χ3v) is 8.17. The molecule has 2 aromatic heterocycles. The van der Waals surface area contributed by atoms with Gasteiger partial charge < -0.3 is 14.5 Å². The number of fused-ring (bicyclic) bond motifs is 2. The fourth-order valence-electron chi connectivity index (χ4n) is 4.84. The minimum Gasteiger partial charge on any atom is -0.486 e. The van der Waals surface area contributed by atoms with Crippen LogP contribution in [0.4, 0.5) is 11.9 Å². The summed E-state index contributed by atoms with van der Waals surface area (Å²) in [6.45, 7) is 5.37. The van der Waals surface area contributed by atoms with Crippen LogP contribution in [-0.2, 0) is 36.0 Å². The van der Waals surface area contributed by atoms with Crippen molar-refractivity contribution in [1.82, 2.24) is 24.2 Å². The van der Waals surface area contributed by atoms with E-state index in [1.54, 1.807) is 18.5 Å². The molecule has 0 unspecified atom stereocenters. The third-order valence-electron chi connectivity index (χ3n) is 7.07. The average Bonchev–Trinajstić information content (AvgIpc) is 2.89. The van der Waals surface area contributed by atoms with E-state index in [9.17, 15) is 8.42 Å². The van der Waals surface area contributed by atoms with Gasteiger partial charge in [-0.3, -0.25) is 4.31 Å². The smallest absolute Gasteiger partial charge is 0.232 e. The molecule has 6 rings (SSSR count). The van der Waals surface area contributed by atoms with Crippen LogP contribution in [-0.4, -0.2) is 64.7 Å². The second-order valence-corrected chi connectivity index (χ2v) is 11.6. The number of sulfonamides is 1. The summed E-state index contributed by atoms with van der Waals surface area (Å²) in [5, 5.41) is 0. The zero-order valence-electron chi connectivity index (χ0n) is 20.9. The monoisotopic (exact) mass is 519 g/mol. The highest BCUT2D eigenvalue weighted by atomic mass is 32.2. The topological polar surface area (TPSA) is 105 Å². The summed E-state index contributed by atoms with van der Waals surface area (Å²) in [6.07, 6.45) is 11.9. The molecule has 3 aliphatic rings. The molecule has 5 heterocycles. The normalized spacial score (nSPS) is 17.3. The van der Waals surface area contributed by atoms with Gasteiger partial charge in [0.15, 0.2) is 0 Å². The first kappa shape index (κ1) is 23.7. The van der Waals surface area contributed by atoms with Crippen LogP contribution in [0.2, 0.25) is 0 Å². The first-order chi connectivity index (χ1) is 17.9. The highest BCUT2D eigenvalue weighted by molar-refractivity contribution is 7.88. The molecule has 1 saturated heterocycles. The second kappa shape index (κ2) is 9.29. The summed E-state index contributed by atoms with van der Waals surface area (Å²) in [5.41, 5.74) is 5.19. The van der Waals surface area contributed by atoms with Crippen LogP contribution in [0.15, 0.2) is 43.0 Å². The number of rotatable bonds is 6. The van der Waals surface area contributed by atoms with E-state index in [0.717, 1.165) is 54.4 Å². The Labute approximate surface area is 216 Å². The molecule has 0 bridgehead atoms. The maximum Gasteiger partial charge on any atom is 0.232 e. The van der Waals surface area contributed by atoms with Gasteiger partial charge in [0, 0.05) is 49.0 Å². The summed E-state index contributed by atoms with van der Waals surface area (Å²) in [5.74, 6) is 2.35. The van der Waals surface area contributed by atoms with Crippen LogP contribution in [0.3, 0.4) is 0 Å². The number of anilines is 2. The summed E-state index contributed by atoms with van der Waals surface area (Å²) in [6, 6.07) is 6.26. The van der Waals surface area contributed by atoms with Gasteiger partial charge >= 0.3 is 0 Å². The maximum absolute atomic E-state index is 11.8. The standard InChI is InChI=1S/C26H29N7O3S/c1-3-18-11-27-25(28-12-18)31-9-7-22-19(14-31)5-4-6-24(22)36-21-16-32(17-21)26-29-13-20-15-33(37(2,34)35)10-8-23(20)30-26/h4-6,8,10-13,21H,3,7,9,14-17H2,1-2H3. The van der Waals surface area contributed by atoms with E-state index < -0.39 is 10.0 Å². The first-order valence-corrected chi connectivity index (χ1v) is 14.3. The molecular formula is C26H29N7O3S. The van der Waals surface area contributed by atoms with Gasteiger partial charge in [-0.25, -0.2) is 28.4 Å². The lowest BCUT2D eigenvalue weighted by atomic mass is 9.98. The van der Waals surface area contributed by atoms with Crippen molar-refractivity contribution in [3.8, 4) is 5.75 Å². The first-order valence-electron chi connectivity index (χ1n) is 12.5. The predicted octanol–water partition coefficient (Wildman–Crippen LogP) is 2.41. The van der Waals surface area contributed by atoms with Gasteiger partial charge in [-0.05, 0) is 36.1 Å². The lowest BCUT2D eigenvalue weighted by molar-refractivity contribution is 0.164. The van der Waals surface area contributed by atoms with Crippen molar-refractivity contribution in [3.63, 3.8) is 0 Å². The molecule has 3 aliphatic heterocycles. The fraction of sp³-hybridized carbons (Fsp3) is 0.385. The number of aromatic nitrogens is 4. The number of ether oxygens (including phenoxy) is 1. The van der Waals surface area contributed by atoms with Crippen LogP contribution in [0.25, 0.3) is 6.08 Å². The van der Waals surface area contributed by atoms with E-state index >= 15 is 0 Å². The Morgan fingerprint density at radius 2 is 1.78 bits per heavy atom. The van der Waals surface area contributed by atoms with Gasteiger partial charge in [-0.15, -0.1) is 0 Å². The Kier molecular flexibility index (Phi) is 5.94. The molecule has 0 spiro atoms. The SMILES string of the molecule is CCc1cnc(N2CCc3c(cccc3OC3CN(c4ncc5c(n4)C=CN(S(C)(=O)=O)C5)C3)C2)nc1. The molecule has 37 heavy (non-hydrogen) atoms. The van der Waals surface area contributed by atoms with Crippen LogP contribution >= 0.6 is 0 Å². The molecule has 11 heteroatoms. The van der Waals surface area contributed by atoms with Crippen molar-refractivity contribution in [2.45, 2.75) is 39.0 Å². The van der Waals surface area contributed by atoms with Crippen molar-refractivity contribution in [1.29, 1.82) is 0 Å². The van der Waals surface area contributed by atoms with Crippen molar-refractivity contribution in [2.75, 3.05) is 35.7 Å². The van der Waals surface area contributed by atoms with Crippen molar-refractivity contribution in [2.24, 2.45) is 0 Å². The highest BCUT2D eigenvalue weighted by Crippen LogP contribution is 2.32. The zero-order valence-corrected chi connectivity index (χ0v) is 21.7. The highest BCUT2D eigenvalue weighted by Gasteiger charge is 2.32. The lowest BCUT2D eigenvalue weighted by Crippen LogP contribution is -2.54. The molecule has 10 nitrogen and oxygen atoms in total. The summed E-state index contributed by atoms with van der Waals surface area (Å²) < 4.78 is 31.3. The van der Waals surface area contributed by atoms with E-state index in [0.29, 0.717) is 19.0 Å². The Balaban J connectivity index is 1.09. The molecule has 1 aromatic carbocycles. The quantitative estimate of drug-likeness (QED) is 0.485. The lowest BCUT2D eigenvalue weighted by Gasteiger charge is -2.40. The fourth-order valence-corrected chi connectivity index (χ4v) is 5.49. The van der Waals surface area contributed by atoms with Crippen molar-refractivity contribution in [3.05, 3.63) is 70.9 Å². The van der Waals surface area contributed by atoms with E-state index in [1.165, 1.54) is 21.7 Å². The molecule has 192 valence electrons. The third kappa shape index (κ3) is 4.71. The Morgan fingerprint density at radius 3 is 2.54 bits per heavy atom. The predicted molar refractivity (Wildman–Crippen MR) is 141 cm³/mol. The van der Waals surface area contributed by atoms with Crippen LogP contribution < -0.4 is 14.5 Å². The number of aryl methyl sites for hydroxylation is 1. The Hall–Kier alpha value is -3.73. The van der Waals surface area contributed by atoms with Gasteiger partial charge in [0.2, 0.25) is 21.9 Å². The van der Waals surface area contributed by atoms with Crippen molar-refractivity contribution < 1.29 is 13.2 Å². The zero-order chi connectivity index (χ0) is 25.6. The second-order valence-electron chi connectivity index (χ2n) is 9.66. The van der Waals surface area contributed by atoms with Gasteiger partial charge in [-0.2, -0.15) is 0 Å². The molecule has 0 saturated carbocycles. The molecule has 0 radical (unpaired) electrons. The summed E-state index contributed by atoms with van der Waals surface area (Å²) in [4.78, 5) is 22.5. The Bertz CT molecular complexity index is 1450. The summed E-state index contributed by atoms with van der Waals surface area (Å²) in [7, 11) is -3.30. The number of hydrogen-bond acceptors (Lipinski definition) is 9. The average molecular weight is 520 g/mol. The molecule has 1 fully saturated rings. The largest absolute Gasteiger partial charge is 0.486 e. The van der Waals surface area contributed by atoms with E-state index in [1.807, 2.05) is 18.5 Å². The van der Waals surface area contributed by atoms with E-state index in [4.69, 9.17) is 4.74 Å².